The van der Waals surface area contributed by atoms with Crippen molar-refractivity contribution in [2.45, 2.75) is 18.9 Å². The van der Waals surface area contributed by atoms with Gasteiger partial charge < -0.3 is 4.90 Å². The molecule has 1 aliphatic rings. The molecular formula is C16H28N4O2S. The van der Waals surface area contributed by atoms with Crippen molar-refractivity contribution in [1.29, 1.82) is 0 Å². The van der Waals surface area contributed by atoms with E-state index in [0.717, 1.165) is 26.1 Å². The van der Waals surface area contributed by atoms with Crippen molar-refractivity contribution in [3.63, 3.8) is 0 Å². The fourth-order valence-electron chi connectivity index (χ4n) is 3.41. The van der Waals surface area contributed by atoms with Crippen molar-refractivity contribution >= 4 is 10.0 Å². The summed E-state index contributed by atoms with van der Waals surface area (Å²) < 4.78 is 25.3. The number of rotatable bonds is 8. The van der Waals surface area contributed by atoms with E-state index < -0.39 is 10.0 Å². The summed E-state index contributed by atoms with van der Waals surface area (Å²) in [5.74, 6) is 0.736. The second-order valence-electron chi connectivity index (χ2n) is 6.40. The Balaban J connectivity index is 1.88. The third kappa shape index (κ3) is 5.24. The normalized spacial score (nSPS) is 22.8. The predicted octanol–water partition coefficient (Wildman–Crippen LogP) is 0.946. The van der Waals surface area contributed by atoms with Gasteiger partial charge in [0.05, 0.1) is 5.75 Å². The number of nitrogens with one attached hydrogen (secondary N) is 1. The van der Waals surface area contributed by atoms with Gasteiger partial charge >= 0.3 is 0 Å². The Morgan fingerprint density at radius 1 is 1.48 bits per heavy atom. The van der Waals surface area contributed by atoms with Crippen LogP contribution in [0.1, 0.15) is 24.4 Å². The molecule has 130 valence electrons. The summed E-state index contributed by atoms with van der Waals surface area (Å²) in [5.41, 5.74) is 1.27. The smallest absolute Gasteiger partial charge is 0.211 e. The zero-order valence-corrected chi connectivity index (χ0v) is 15.1. The lowest BCUT2D eigenvalue weighted by Crippen LogP contribution is -2.32. The van der Waals surface area contributed by atoms with E-state index in [4.69, 9.17) is 0 Å². The average Bonchev–Trinajstić information content (AvgIpc) is 2.88. The molecule has 1 N–H and O–H groups in total. The van der Waals surface area contributed by atoms with E-state index in [0.29, 0.717) is 18.4 Å². The van der Waals surface area contributed by atoms with Crippen molar-refractivity contribution in [2.24, 2.45) is 5.92 Å². The number of likely N-dealkylation sites (tertiary alicyclic amines) is 1. The van der Waals surface area contributed by atoms with Gasteiger partial charge in [-0.1, -0.05) is 6.07 Å². The lowest BCUT2D eigenvalue weighted by Gasteiger charge is -2.28. The Morgan fingerprint density at radius 3 is 2.91 bits per heavy atom. The van der Waals surface area contributed by atoms with Crippen LogP contribution in [0, 0.1) is 5.92 Å². The standard InChI is InChI=1S/C16H28N4O2S/c1-17-23(21,22)11-5-9-19(2)13-15-7-10-20(3)16(15)14-6-4-8-18-12-14/h4,6,8,12,15-17H,5,7,9-11,13H2,1-3H3/t15-,16-/m0/s1. The van der Waals surface area contributed by atoms with E-state index in [-0.39, 0.29) is 5.75 Å². The van der Waals surface area contributed by atoms with E-state index in [1.54, 1.807) is 0 Å². The van der Waals surface area contributed by atoms with Gasteiger partial charge in [-0.3, -0.25) is 9.88 Å². The first kappa shape index (κ1) is 18.3. The molecule has 0 saturated carbocycles. The maximum atomic E-state index is 11.5. The number of hydrogen-bond donors (Lipinski definition) is 1. The first-order valence-corrected chi connectivity index (χ1v) is 9.78. The zero-order chi connectivity index (χ0) is 16.9. The average molecular weight is 340 g/mol. The molecule has 0 spiro atoms. The minimum atomic E-state index is -3.10. The molecule has 6 nitrogen and oxygen atoms in total. The highest BCUT2D eigenvalue weighted by molar-refractivity contribution is 7.89. The van der Waals surface area contributed by atoms with Gasteiger partial charge in [0.2, 0.25) is 10.0 Å². The molecule has 1 aromatic rings. The number of nitrogens with zero attached hydrogens (tertiary/aromatic N) is 3. The van der Waals surface area contributed by atoms with E-state index in [9.17, 15) is 8.42 Å². The fraction of sp³-hybridized carbons (Fsp3) is 0.688. The molecule has 23 heavy (non-hydrogen) atoms. The molecule has 0 aliphatic carbocycles. The van der Waals surface area contributed by atoms with Crippen LogP contribution in [-0.2, 0) is 10.0 Å². The molecule has 2 atom stereocenters. The molecule has 0 aromatic carbocycles. The second kappa shape index (κ2) is 8.19. The Bertz CT molecular complexity index is 579. The second-order valence-corrected chi connectivity index (χ2v) is 8.45. The van der Waals surface area contributed by atoms with Crippen LogP contribution in [0.5, 0.6) is 0 Å². The Kier molecular flexibility index (Phi) is 6.52. The van der Waals surface area contributed by atoms with E-state index in [1.807, 2.05) is 18.5 Å². The first-order chi connectivity index (χ1) is 10.9. The molecule has 2 heterocycles. The highest BCUT2D eigenvalue weighted by Gasteiger charge is 2.33. The van der Waals surface area contributed by atoms with Crippen molar-refractivity contribution in [3.8, 4) is 0 Å². The van der Waals surface area contributed by atoms with Crippen molar-refractivity contribution in [2.75, 3.05) is 46.5 Å². The lowest BCUT2D eigenvalue weighted by atomic mass is 9.94. The highest BCUT2D eigenvalue weighted by Crippen LogP contribution is 2.35. The number of hydrogen-bond acceptors (Lipinski definition) is 5. The quantitative estimate of drug-likeness (QED) is 0.763. The minimum Gasteiger partial charge on any atom is -0.306 e. The predicted molar refractivity (Wildman–Crippen MR) is 92.7 cm³/mol. The van der Waals surface area contributed by atoms with Crippen LogP contribution >= 0.6 is 0 Å². The van der Waals surface area contributed by atoms with Gasteiger partial charge in [0.1, 0.15) is 0 Å². The summed E-state index contributed by atoms with van der Waals surface area (Å²) >= 11 is 0. The number of pyridine rings is 1. The largest absolute Gasteiger partial charge is 0.306 e. The van der Waals surface area contributed by atoms with Crippen LogP contribution in [0.3, 0.4) is 0 Å². The molecule has 1 aliphatic heterocycles. The Morgan fingerprint density at radius 2 is 2.26 bits per heavy atom. The third-order valence-electron chi connectivity index (χ3n) is 4.61. The molecule has 1 fully saturated rings. The van der Waals surface area contributed by atoms with Crippen LogP contribution in [0.25, 0.3) is 0 Å². The molecule has 0 bridgehead atoms. The van der Waals surface area contributed by atoms with Gasteiger partial charge in [-0.2, -0.15) is 0 Å². The van der Waals surface area contributed by atoms with Gasteiger partial charge in [0, 0.05) is 25.0 Å². The summed E-state index contributed by atoms with van der Waals surface area (Å²) in [6.45, 7) is 2.86. The van der Waals surface area contributed by atoms with Gasteiger partial charge in [-0.15, -0.1) is 0 Å². The summed E-state index contributed by atoms with van der Waals surface area (Å²) in [4.78, 5) is 8.89. The SMILES string of the molecule is CNS(=O)(=O)CCCN(C)C[C@@H]1CCN(C)[C@H]1c1cccnc1. The topological polar surface area (TPSA) is 65.5 Å². The van der Waals surface area contributed by atoms with Crippen LogP contribution in [0.15, 0.2) is 24.5 Å². The maximum absolute atomic E-state index is 11.5. The van der Waals surface area contributed by atoms with Gasteiger partial charge in [0.25, 0.3) is 0 Å². The summed E-state index contributed by atoms with van der Waals surface area (Å²) in [6, 6.07) is 4.53. The molecule has 7 heteroatoms. The van der Waals surface area contributed by atoms with Gasteiger partial charge in [-0.25, -0.2) is 13.1 Å². The number of sulfonamides is 1. The molecule has 2 rings (SSSR count). The van der Waals surface area contributed by atoms with Crippen LogP contribution in [0.2, 0.25) is 0 Å². The van der Waals surface area contributed by atoms with Gasteiger partial charge in [0.15, 0.2) is 0 Å². The van der Waals surface area contributed by atoms with E-state index in [2.05, 4.69) is 39.7 Å². The first-order valence-electron chi connectivity index (χ1n) is 8.13. The number of aromatic nitrogens is 1. The summed E-state index contributed by atoms with van der Waals surface area (Å²) in [7, 11) is 2.60. The summed E-state index contributed by atoms with van der Waals surface area (Å²) in [6.07, 6.45) is 5.58. The van der Waals surface area contributed by atoms with Crippen LogP contribution < -0.4 is 4.72 Å². The zero-order valence-electron chi connectivity index (χ0n) is 14.3. The maximum Gasteiger partial charge on any atom is 0.211 e. The summed E-state index contributed by atoms with van der Waals surface area (Å²) in [5, 5.41) is 0. The van der Waals surface area contributed by atoms with Gasteiger partial charge in [-0.05, 0) is 64.6 Å². The van der Waals surface area contributed by atoms with Crippen LogP contribution in [-0.4, -0.2) is 69.7 Å². The molecule has 0 unspecified atom stereocenters. The fourth-order valence-corrected chi connectivity index (χ4v) is 4.13. The van der Waals surface area contributed by atoms with Crippen molar-refractivity contribution in [3.05, 3.63) is 30.1 Å². The van der Waals surface area contributed by atoms with Crippen LogP contribution in [0.4, 0.5) is 0 Å². The molecule has 1 saturated heterocycles. The molecule has 1 aromatic heterocycles. The Hall–Kier alpha value is -1.02. The Labute approximate surface area is 139 Å². The van der Waals surface area contributed by atoms with E-state index >= 15 is 0 Å². The molecule has 0 amide bonds. The third-order valence-corrected chi connectivity index (χ3v) is 6.06. The lowest BCUT2D eigenvalue weighted by molar-refractivity contribution is 0.218. The van der Waals surface area contributed by atoms with E-state index in [1.165, 1.54) is 12.6 Å². The van der Waals surface area contributed by atoms with Crippen molar-refractivity contribution in [1.82, 2.24) is 19.5 Å². The monoisotopic (exact) mass is 340 g/mol. The highest BCUT2D eigenvalue weighted by atomic mass is 32.2. The molecular weight excluding hydrogens is 312 g/mol. The van der Waals surface area contributed by atoms with Crippen molar-refractivity contribution < 1.29 is 8.42 Å². The minimum absolute atomic E-state index is 0.185. The molecule has 0 radical (unpaired) electrons.